The molecule has 0 atom stereocenters. The Morgan fingerprint density at radius 3 is 2.74 bits per heavy atom. The van der Waals surface area contributed by atoms with Gasteiger partial charge in [0.15, 0.2) is 0 Å². The van der Waals surface area contributed by atoms with Gasteiger partial charge in [-0.15, -0.1) is 0 Å². The highest BCUT2D eigenvalue weighted by Crippen LogP contribution is 2.32. The zero-order valence-electron chi connectivity index (χ0n) is 18.1. The van der Waals surface area contributed by atoms with E-state index in [2.05, 4.69) is 26.6 Å². The highest BCUT2D eigenvalue weighted by atomic mass is 16.5. The summed E-state index contributed by atoms with van der Waals surface area (Å²) in [6.07, 6.45) is 4.33. The van der Waals surface area contributed by atoms with E-state index in [-0.39, 0.29) is 11.8 Å². The Labute approximate surface area is 180 Å². The molecule has 1 saturated heterocycles. The van der Waals surface area contributed by atoms with Gasteiger partial charge in [0, 0.05) is 24.4 Å². The normalized spacial score (nSPS) is 14.8. The van der Waals surface area contributed by atoms with Crippen molar-refractivity contribution >= 4 is 22.3 Å². The number of carbonyl (C=O) groups is 1. The van der Waals surface area contributed by atoms with Crippen molar-refractivity contribution in [2.24, 2.45) is 0 Å². The van der Waals surface area contributed by atoms with Crippen LogP contribution in [0.3, 0.4) is 0 Å². The van der Waals surface area contributed by atoms with E-state index in [0.717, 1.165) is 53.5 Å². The lowest BCUT2D eigenvalue weighted by molar-refractivity contribution is -0.124. The summed E-state index contributed by atoms with van der Waals surface area (Å²) in [6.45, 7) is 7.88. The molecule has 5 rings (SSSR count). The molecular formula is C23H26N6O2. The molecule has 31 heavy (non-hydrogen) atoms. The number of rotatable bonds is 5. The number of fused-ring (bicyclic) bond motifs is 3. The molecule has 3 aromatic heterocycles. The fourth-order valence-electron chi connectivity index (χ4n) is 4.34. The number of para-hydroxylation sites is 1. The molecule has 1 fully saturated rings. The van der Waals surface area contributed by atoms with Gasteiger partial charge in [0.25, 0.3) is 0 Å². The predicted molar refractivity (Wildman–Crippen MR) is 117 cm³/mol. The van der Waals surface area contributed by atoms with Crippen LogP contribution in [-0.2, 0) is 11.2 Å². The van der Waals surface area contributed by atoms with Gasteiger partial charge in [-0.1, -0.05) is 37.2 Å². The maximum Gasteiger partial charge on any atom is 0.238 e. The van der Waals surface area contributed by atoms with E-state index in [1.165, 1.54) is 0 Å². The van der Waals surface area contributed by atoms with Crippen LogP contribution in [0.15, 0.2) is 35.1 Å². The van der Waals surface area contributed by atoms with Crippen molar-refractivity contribution in [1.82, 2.24) is 30.0 Å². The molecule has 1 aromatic carbocycles. The van der Waals surface area contributed by atoms with Crippen LogP contribution in [0.1, 0.15) is 49.6 Å². The Bertz CT molecular complexity index is 1270. The van der Waals surface area contributed by atoms with E-state index in [0.29, 0.717) is 23.8 Å². The van der Waals surface area contributed by atoms with Gasteiger partial charge in [-0.05, 0) is 37.0 Å². The second-order valence-electron chi connectivity index (χ2n) is 8.45. The lowest BCUT2D eigenvalue weighted by Crippen LogP contribution is -2.40. The lowest BCUT2D eigenvalue weighted by Gasteiger charge is -2.18. The van der Waals surface area contributed by atoms with Crippen LogP contribution in [0.5, 0.6) is 0 Å². The molecule has 160 valence electrons. The third-order valence-electron chi connectivity index (χ3n) is 5.94. The summed E-state index contributed by atoms with van der Waals surface area (Å²) in [6, 6.07) is 8.10. The number of aromatic nitrogens is 4. The highest BCUT2D eigenvalue weighted by molar-refractivity contribution is 5.95. The van der Waals surface area contributed by atoms with Crippen molar-refractivity contribution < 1.29 is 9.32 Å². The van der Waals surface area contributed by atoms with Gasteiger partial charge < -0.3 is 4.52 Å². The van der Waals surface area contributed by atoms with Gasteiger partial charge in [0.1, 0.15) is 12.0 Å². The van der Waals surface area contributed by atoms with E-state index in [1.807, 2.05) is 48.4 Å². The minimum atomic E-state index is 0.00206. The highest BCUT2D eigenvalue weighted by Gasteiger charge is 2.22. The van der Waals surface area contributed by atoms with Crippen LogP contribution in [0.25, 0.3) is 27.9 Å². The van der Waals surface area contributed by atoms with Crippen molar-refractivity contribution in [3.63, 3.8) is 0 Å². The largest absolute Gasteiger partial charge is 0.339 e. The number of hydrogen-bond acceptors (Lipinski definition) is 6. The van der Waals surface area contributed by atoms with Crippen LogP contribution < -0.4 is 5.43 Å². The molecule has 0 radical (unpaired) electrons. The Hall–Kier alpha value is -3.26. The van der Waals surface area contributed by atoms with Crippen LogP contribution in [0.4, 0.5) is 0 Å². The SMILES string of the molecule is Cc1c(CC(=O)NN2CCCC2)c2ccccc2n2cnc(-c3noc(C(C)C)n3)c12. The molecule has 0 bridgehead atoms. The van der Waals surface area contributed by atoms with Gasteiger partial charge in [0.05, 0.1) is 17.5 Å². The first-order valence-corrected chi connectivity index (χ1v) is 10.8. The number of hydrazine groups is 1. The number of nitrogens with one attached hydrogen (secondary N) is 1. The molecule has 1 N–H and O–H groups in total. The quantitative estimate of drug-likeness (QED) is 0.532. The number of pyridine rings is 1. The van der Waals surface area contributed by atoms with Crippen molar-refractivity contribution in [3.8, 4) is 11.5 Å². The lowest BCUT2D eigenvalue weighted by atomic mass is 9.98. The smallest absolute Gasteiger partial charge is 0.238 e. The van der Waals surface area contributed by atoms with Crippen molar-refractivity contribution in [3.05, 3.63) is 47.6 Å². The first-order valence-electron chi connectivity index (χ1n) is 10.8. The zero-order valence-corrected chi connectivity index (χ0v) is 18.1. The van der Waals surface area contributed by atoms with E-state index in [4.69, 9.17) is 4.52 Å². The van der Waals surface area contributed by atoms with Gasteiger partial charge in [-0.3, -0.25) is 14.6 Å². The molecular weight excluding hydrogens is 392 g/mol. The summed E-state index contributed by atoms with van der Waals surface area (Å²) in [5, 5.41) is 7.22. The summed E-state index contributed by atoms with van der Waals surface area (Å²) in [5.41, 5.74) is 7.62. The second-order valence-corrected chi connectivity index (χ2v) is 8.45. The monoisotopic (exact) mass is 418 g/mol. The minimum Gasteiger partial charge on any atom is -0.339 e. The molecule has 0 spiro atoms. The average molecular weight is 419 g/mol. The maximum atomic E-state index is 12.9. The molecule has 1 aliphatic heterocycles. The van der Waals surface area contributed by atoms with Gasteiger partial charge in [0.2, 0.25) is 17.6 Å². The number of aryl methyl sites for hydroxylation is 1. The van der Waals surface area contributed by atoms with Gasteiger partial charge >= 0.3 is 0 Å². The van der Waals surface area contributed by atoms with Crippen LogP contribution in [-0.4, -0.2) is 43.5 Å². The summed E-state index contributed by atoms with van der Waals surface area (Å²) >= 11 is 0. The molecule has 0 unspecified atom stereocenters. The maximum absolute atomic E-state index is 12.9. The minimum absolute atomic E-state index is 0.00206. The summed E-state index contributed by atoms with van der Waals surface area (Å²) in [4.78, 5) is 22.0. The summed E-state index contributed by atoms with van der Waals surface area (Å²) < 4.78 is 7.46. The number of carbonyl (C=O) groups excluding carboxylic acids is 1. The van der Waals surface area contributed by atoms with Crippen LogP contribution in [0, 0.1) is 6.92 Å². The number of nitrogens with zero attached hydrogens (tertiary/aromatic N) is 5. The fraction of sp³-hybridized carbons (Fsp3) is 0.391. The van der Waals surface area contributed by atoms with Gasteiger partial charge in [-0.25, -0.2) is 9.99 Å². The first-order chi connectivity index (χ1) is 15.0. The molecule has 1 amide bonds. The molecule has 8 heteroatoms. The summed E-state index contributed by atoms with van der Waals surface area (Å²) in [7, 11) is 0. The van der Waals surface area contributed by atoms with E-state index in [1.54, 1.807) is 6.33 Å². The molecule has 4 heterocycles. The van der Waals surface area contributed by atoms with Crippen LogP contribution in [0.2, 0.25) is 0 Å². The van der Waals surface area contributed by atoms with Gasteiger partial charge in [-0.2, -0.15) is 4.98 Å². The van der Waals surface area contributed by atoms with Crippen LogP contribution >= 0.6 is 0 Å². The number of imidazole rings is 1. The fourth-order valence-corrected chi connectivity index (χ4v) is 4.34. The molecule has 1 aliphatic rings. The molecule has 0 saturated carbocycles. The summed E-state index contributed by atoms with van der Waals surface area (Å²) in [5.74, 6) is 1.20. The standard InChI is InChI=1S/C23H26N6O2/c1-14(2)23-25-22(27-31-23)20-21-15(3)17(12-19(30)26-28-10-6-7-11-28)16-8-4-5-9-18(16)29(21)13-24-20/h4-5,8-9,13-14H,6-7,10-12H2,1-3H3,(H,26,30). The van der Waals surface area contributed by atoms with E-state index >= 15 is 0 Å². The van der Waals surface area contributed by atoms with Crippen molar-refractivity contribution in [2.75, 3.05) is 13.1 Å². The first kappa shape index (κ1) is 19.7. The predicted octanol–water partition coefficient (Wildman–Crippen LogP) is 3.64. The molecule has 4 aromatic rings. The van der Waals surface area contributed by atoms with Crippen molar-refractivity contribution in [1.29, 1.82) is 0 Å². The third-order valence-corrected chi connectivity index (χ3v) is 5.94. The second kappa shape index (κ2) is 7.77. The topological polar surface area (TPSA) is 88.6 Å². The number of hydrogen-bond donors (Lipinski definition) is 1. The number of benzene rings is 1. The van der Waals surface area contributed by atoms with E-state index in [9.17, 15) is 4.79 Å². The third kappa shape index (κ3) is 3.46. The Morgan fingerprint density at radius 2 is 2.00 bits per heavy atom. The zero-order chi connectivity index (χ0) is 21.5. The Kier molecular flexibility index (Phi) is 4.94. The van der Waals surface area contributed by atoms with E-state index < -0.39 is 0 Å². The number of amides is 1. The Balaban J connectivity index is 1.63. The molecule has 8 nitrogen and oxygen atoms in total. The molecule has 0 aliphatic carbocycles. The van der Waals surface area contributed by atoms with Crippen molar-refractivity contribution in [2.45, 2.75) is 46.0 Å². The average Bonchev–Trinajstić information content (AvgIpc) is 3.51. The Morgan fingerprint density at radius 1 is 1.23 bits per heavy atom.